The SMILES string of the molecule is Cc1ccc([N+](=O)[O-])c(OC(C(=O)O)c2ccccc2)c1. The normalized spacial score (nSPS) is 11.7. The summed E-state index contributed by atoms with van der Waals surface area (Å²) in [6, 6.07) is 12.6. The smallest absolute Gasteiger partial charge is 0.349 e. The summed E-state index contributed by atoms with van der Waals surface area (Å²) in [6.45, 7) is 1.74. The van der Waals surface area contributed by atoms with Crippen molar-refractivity contribution in [1.29, 1.82) is 0 Å². The van der Waals surface area contributed by atoms with Crippen molar-refractivity contribution in [2.75, 3.05) is 0 Å². The van der Waals surface area contributed by atoms with Crippen molar-refractivity contribution in [3.63, 3.8) is 0 Å². The van der Waals surface area contributed by atoms with Crippen LogP contribution in [0.2, 0.25) is 0 Å². The van der Waals surface area contributed by atoms with Gasteiger partial charge in [0.25, 0.3) is 0 Å². The van der Waals surface area contributed by atoms with E-state index >= 15 is 0 Å². The van der Waals surface area contributed by atoms with E-state index in [2.05, 4.69) is 0 Å². The maximum absolute atomic E-state index is 11.4. The number of ether oxygens (including phenoxy) is 1. The fourth-order valence-electron chi connectivity index (χ4n) is 1.88. The Morgan fingerprint density at radius 3 is 2.48 bits per heavy atom. The van der Waals surface area contributed by atoms with Crippen LogP contribution in [0, 0.1) is 17.0 Å². The third kappa shape index (κ3) is 3.36. The van der Waals surface area contributed by atoms with Crippen molar-refractivity contribution in [3.8, 4) is 5.75 Å². The van der Waals surface area contributed by atoms with Gasteiger partial charge < -0.3 is 9.84 Å². The molecule has 0 saturated carbocycles. The molecular formula is C15H13NO5. The average Bonchev–Trinajstić information content (AvgIpc) is 2.45. The van der Waals surface area contributed by atoms with Gasteiger partial charge in [-0.05, 0) is 18.6 Å². The van der Waals surface area contributed by atoms with Crippen molar-refractivity contribution < 1.29 is 19.6 Å². The van der Waals surface area contributed by atoms with Gasteiger partial charge >= 0.3 is 11.7 Å². The van der Waals surface area contributed by atoms with Gasteiger partial charge in [0, 0.05) is 11.6 Å². The highest BCUT2D eigenvalue weighted by atomic mass is 16.6. The molecular weight excluding hydrogens is 274 g/mol. The van der Waals surface area contributed by atoms with Crippen LogP contribution in [0.15, 0.2) is 48.5 Å². The molecule has 6 heteroatoms. The number of nitro benzene ring substituents is 1. The first-order chi connectivity index (χ1) is 9.99. The molecule has 0 saturated heterocycles. The first kappa shape index (κ1) is 14.5. The molecule has 2 aromatic rings. The second-order valence-corrected chi connectivity index (χ2v) is 4.48. The largest absolute Gasteiger partial charge is 0.478 e. The summed E-state index contributed by atoms with van der Waals surface area (Å²) in [6.07, 6.45) is -1.30. The number of nitrogens with zero attached hydrogens (tertiary/aromatic N) is 1. The van der Waals surface area contributed by atoms with Gasteiger partial charge in [0.15, 0.2) is 5.75 Å². The number of hydrogen-bond donors (Lipinski definition) is 1. The lowest BCUT2D eigenvalue weighted by Crippen LogP contribution is -2.18. The van der Waals surface area contributed by atoms with Crippen molar-refractivity contribution in [1.82, 2.24) is 0 Å². The van der Waals surface area contributed by atoms with Gasteiger partial charge in [-0.15, -0.1) is 0 Å². The molecule has 1 atom stereocenters. The summed E-state index contributed by atoms with van der Waals surface area (Å²) in [7, 11) is 0. The van der Waals surface area contributed by atoms with E-state index in [-0.39, 0.29) is 11.4 Å². The van der Waals surface area contributed by atoms with Crippen LogP contribution >= 0.6 is 0 Å². The number of carboxylic acids is 1. The zero-order valence-corrected chi connectivity index (χ0v) is 11.2. The number of aryl methyl sites for hydroxylation is 1. The molecule has 0 radical (unpaired) electrons. The topological polar surface area (TPSA) is 89.7 Å². The van der Waals surface area contributed by atoms with Crippen LogP contribution in [0.1, 0.15) is 17.2 Å². The zero-order chi connectivity index (χ0) is 15.4. The number of benzene rings is 2. The Balaban J connectivity index is 2.40. The Bertz CT molecular complexity index is 669. The van der Waals surface area contributed by atoms with Crippen molar-refractivity contribution in [3.05, 3.63) is 69.8 Å². The number of hydrogen-bond acceptors (Lipinski definition) is 4. The Kier molecular flexibility index (Phi) is 4.18. The predicted molar refractivity (Wildman–Crippen MR) is 75.3 cm³/mol. The van der Waals surface area contributed by atoms with Crippen LogP contribution in [0.5, 0.6) is 5.75 Å². The molecule has 0 aliphatic heterocycles. The van der Waals surface area contributed by atoms with E-state index in [4.69, 9.17) is 4.74 Å². The quantitative estimate of drug-likeness (QED) is 0.674. The maximum atomic E-state index is 11.4. The molecule has 1 unspecified atom stereocenters. The molecule has 6 nitrogen and oxygen atoms in total. The molecule has 0 bridgehead atoms. The van der Waals surface area contributed by atoms with Crippen LogP contribution in [-0.2, 0) is 4.79 Å². The third-order valence-corrected chi connectivity index (χ3v) is 2.88. The molecule has 21 heavy (non-hydrogen) atoms. The zero-order valence-electron chi connectivity index (χ0n) is 11.2. The fraction of sp³-hybridized carbons (Fsp3) is 0.133. The second-order valence-electron chi connectivity index (χ2n) is 4.48. The van der Waals surface area contributed by atoms with Gasteiger partial charge in [0.05, 0.1) is 4.92 Å². The monoisotopic (exact) mass is 287 g/mol. The van der Waals surface area contributed by atoms with Crippen LogP contribution in [0.3, 0.4) is 0 Å². The summed E-state index contributed by atoms with van der Waals surface area (Å²) in [5.74, 6) is -1.27. The minimum Gasteiger partial charge on any atom is -0.478 e. The molecule has 108 valence electrons. The summed E-state index contributed by atoms with van der Waals surface area (Å²) in [4.78, 5) is 21.8. The van der Waals surface area contributed by atoms with Crippen molar-refractivity contribution in [2.24, 2.45) is 0 Å². The molecule has 1 N–H and O–H groups in total. The average molecular weight is 287 g/mol. The highest BCUT2D eigenvalue weighted by molar-refractivity contribution is 5.75. The lowest BCUT2D eigenvalue weighted by molar-refractivity contribution is -0.386. The molecule has 0 aliphatic rings. The first-order valence-corrected chi connectivity index (χ1v) is 6.18. The van der Waals surface area contributed by atoms with E-state index in [1.165, 1.54) is 12.1 Å². The van der Waals surface area contributed by atoms with E-state index in [9.17, 15) is 20.0 Å². The molecule has 0 fully saturated rings. The summed E-state index contributed by atoms with van der Waals surface area (Å²) < 4.78 is 5.39. The summed E-state index contributed by atoms with van der Waals surface area (Å²) in [5.41, 5.74) is 0.899. The molecule has 0 aliphatic carbocycles. The van der Waals surface area contributed by atoms with Gasteiger partial charge in [-0.3, -0.25) is 10.1 Å². The molecule has 0 spiro atoms. The highest BCUT2D eigenvalue weighted by Crippen LogP contribution is 2.32. The standard InChI is InChI=1S/C15H13NO5/c1-10-7-8-12(16(19)20)13(9-10)21-14(15(17)18)11-5-3-2-4-6-11/h2-9,14H,1H3,(H,17,18). The van der Waals surface area contributed by atoms with Crippen molar-refractivity contribution >= 4 is 11.7 Å². The van der Waals surface area contributed by atoms with Gasteiger partial charge in [-0.2, -0.15) is 0 Å². The number of carboxylic acid groups (broad SMARTS) is 1. The van der Waals surface area contributed by atoms with E-state index in [0.29, 0.717) is 5.56 Å². The van der Waals surface area contributed by atoms with Crippen LogP contribution in [-0.4, -0.2) is 16.0 Å². The number of aliphatic carboxylic acids is 1. The van der Waals surface area contributed by atoms with E-state index in [0.717, 1.165) is 5.56 Å². The van der Waals surface area contributed by atoms with Gasteiger partial charge in [-0.1, -0.05) is 36.4 Å². The Morgan fingerprint density at radius 1 is 1.24 bits per heavy atom. The van der Waals surface area contributed by atoms with Gasteiger partial charge in [0.2, 0.25) is 6.10 Å². The van der Waals surface area contributed by atoms with Crippen molar-refractivity contribution in [2.45, 2.75) is 13.0 Å². The van der Waals surface area contributed by atoms with E-state index in [1.54, 1.807) is 43.3 Å². The lowest BCUT2D eigenvalue weighted by atomic mass is 10.1. The van der Waals surface area contributed by atoms with Gasteiger partial charge in [-0.25, -0.2) is 4.79 Å². The molecule has 0 heterocycles. The molecule has 2 rings (SSSR count). The Labute approximate surface area is 120 Å². The van der Waals surface area contributed by atoms with E-state index in [1.807, 2.05) is 0 Å². The highest BCUT2D eigenvalue weighted by Gasteiger charge is 2.25. The van der Waals surface area contributed by atoms with Crippen LogP contribution < -0.4 is 4.74 Å². The minimum atomic E-state index is -1.30. The van der Waals surface area contributed by atoms with Crippen LogP contribution in [0.4, 0.5) is 5.69 Å². The second kappa shape index (κ2) is 6.04. The lowest BCUT2D eigenvalue weighted by Gasteiger charge is -2.15. The molecule has 2 aromatic carbocycles. The molecule has 0 aromatic heterocycles. The number of rotatable bonds is 5. The van der Waals surface area contributed by atoms with Crippen LogP contribution in [0.25, 0.3) is 0 Å². The Hall–Kier alpha value is -2.89. The van der Waals surface area contributed by atoms with E-state index < -0.39 is 17.0 Å². The predicted octanol–water partition coefficient (Wildman–Crippen LogP) is 3.11. The minimum absolute atomic E-state index is 0.0590. The summed E-state index contributed by atoms with van der Waals surface area (Å²) in [5, 5.41) is 20.3. The Morgan fingerprint density at radius 2 is 1.90 bits per heavy atom. The molecule has 0 amide bonds. The maximum Gasteiger partial charge on any atom is 0.349 e. The first-order valence-electron chi connectivity index (χ1n) is 6.18. The van der Waals surface area contributed by atoms with Gasteiger partial charge in [0.1, 0.15) is 0 Å². The third-order valence-electron chi connectivity index (χ3n) is 2.88. The summed E-state index contributed by atoms with van der Waals surface area (Å²) >= 11 is 0. The number of carbonyl (C=O) groups is 1. The fourth-order valence-corrected chi connectivity index (χ4v) is 1.88. The number of nitro groups is 1.